The molecule has 7 nitrogen and oxygen atoms in total. The Morgan fingerprint density at radius 3 is 2.30 bits per heavy atom. The summed E-state index contributed by atoms with van der Waals surface area (Å²) in [6.45, 7) is 9.17. The van der Waals surface area contributed by atoms with Gasteiger partial charge in [0, 0.05) is 37.7 Å². The average Bonchev–Trinajstić information content (AvgIpc) is 3.15. The molecule has 40 heavy (non-hydrogen) atoms. The first-order chi connectivity index (χ1) is 19.6. The number of rotatable bonds is 11. The van der Waals surface area contributed by atoms with Gasteiger partial charge in [-0.15, -0.1) is 0 Å². The van der Waals surface area contributed by atoms with Crippen molar-refractivity contribution in [2.45, 2.75) is 37.3 Å². The highest BCUT2D eigenvalue weighted by atomic mass is 16.2. The molecule has 4 N–H and O–H groups in total. The third-order valence-electron chi connectivity index (χ3n) is 7.27. The Hall–Kier alpha value is -4.25. The van der Waals surface area contributed by atoms with Crippen LogP contribution in [0.25, 0.3) is 10.9 Å². The molecular formula is C33H37N5O2. The monoisotopic (exact) mass is 535 g/mol. The largest absolute Gasteiger partial charge is 0.351 e. The lowest BCUT2D eigenvalue weighted by Gasteiger charge is -2.29. The van der Waals surface area contributed by atoms with Crippen molar-refractivity contribution in [2.75, 3.05) is 26.2 Å². The number of hydrogen-bond acceptors (Lipinski definition) is 4. The van der Waals surface area contributed by atoms with Crippen LogP contribution in [0.2, 0.25) is 0 Å². The van der Waals surface area contributed by atoms with Crippen molar-refractivity contribution in [3.05, 3.63) is 119 Å². The molecule has 0 unspecified atom stereocenters. The second kappa shape index (κ2) is 14.8. The van der Waals surface area contributed by atoms with Gasteiger partial charge in [0.15, 0.2) is 5.69 Å². The third-order valence-corrected chi connectivity index (χ3v) is 7.27. The van der Waals surface area contributed by atoms with E-state index in [0.29, 0.717) is 38.3 Å². The van der Waals surface area contributed by atoms with Crippen LogP contribution in [0.5, 0.6) is 0 Å². The van der Waals surface area contributed by atoms with Crippen LogP contribution >= 0.6 is 0 Å². The maximum absolute atomic E-state index is 13.7. The van der Waals surface area contributed by atoms with Gasteiger partial charge in [0.05, 0.1) is 12.6 Å². The van der Waals surface area contributed by atoms with E-state index in [1.165, 1.54) is 17.2 Å². The van der Waals surface area contributed by atoms with Crippen LogP contribution in [0, 0.1) is 6.57 Å². The molecule has 7 heteroatoms. The molecule has 206 valence electrons. The van der Waals surface area contributed by atoms with Crippen LogP contribution in [0.4, 0.5) is 5.69 Å². The highest BCUT2D eigenvalue weighted by Crippen LogP contribution is 2.27. The molecule has 1 saturated heterocycles. The average molecular weight is 536 g/mol. The number of amides is 2. The fraction of sp³-hybridized carbons (Fsp3) is 0.303. The predicted octanol–water partition coefficient (Wildman–Crippen LogP) is 4.50. The van der Waals surface area contributed by atoms with Crippen molar-refractivity contribution in [1.29, 1.82) is 0 Å². The van der Waals surface area contributed by atoms with Crippen LogP contribution in [0.3, 0.4) is 0 Å². The second-order valence-corrected chi connectivity index (χ2v) is 10.1. The first-order valence-corrected chi connectivity index (χ1v) is 13.9. The van der Waals surface area contributed by atoms with Gasteiger partial charge < -0.3 is 21.3 Å². The van der Waals surface area contributed by atoms with Gasteiger partial charge >= 0.3 is 0 Å². The quantitative estimate of drug-likeness (QED) is 0.249. The van der Waals surface area contributed by atoms with Crippen LogP contribution in [0.15, 0.2) is 91.0 Å². The van der Waals surface area contributed by atoms with E-state index < -0.39 is 0 Å². The minimum atomic E-state index is -0.350. The van der Waals surface area contributed by atoms with Gasteiger partial charge in [-0.1, -0.05) is 84.9 Å². The number of benzene rings is 3. The molecule has 2 atom stereocenters. The number of nitrogens with zero attached hydrogens (tertiary/aromatic N) is 2. The van der Waals surface area contributed by atoms with Gasteiger partial charge in [-0.25, -0.2) is 4.85 Å². The molecule has 0 spiro atoms. The SMILES string of the molecule is [C-]#[N+]c1ccc(/C=C/C(=O)NC[C@@H]2CCN(CC(c3ccccc3)c3ccccc3)C(=O)[C@H](CCCN)N2)cc1. The van der Waals surface area contributed by atoms with E-state index in [9.17, 15) is 9.59 Å². The molecule has 1 heterocycles. The third kappa shape index (κ3) is 8.12. The standard InChI is InChI=1S/C33H37N5O2/c1-35-28-17-14-25(15-18-28)16-19-32(39)36-23-29-20-22-38(33(40)31(37-29)13-8-21-34)24-30(26-9-4-2-5-10-26)27-11-6-3-7-12-27/h2-7,9-12,14-19,29-31,37H,8,13,20-24,34H2,(H,36,39)/b19-16+/t29-,31-/m0/s1. The summed E-state index contributed by atoms with van der Waals surface area (Å²) in [6.07, 6.45) is 5.34. The van der Waals surface area contributed by atoms with Crippen molar-refractivity contribution in [3.8, 4) is 0 Å². The number of carbonyl (C=O) groups excluding carboxylic acids is 2. The van der Waals surface area contributed by atoms with E-state index >= 15 is 0 Å². The summed E-state index contributed by atoms with van der Waals surface area (Å²) in [4.78, 5) is 31.6. The van der Waals surface area contributed by atoms with Gasteiger partial charge in [-0.05, 0) is 48.6 Å². The van der Waals surface area contributed by atoms with E-state index in [-0.39, 0.29) is 29.8 Å². The topological polar surface area (TPSA) is 91.8 Å². The minimum Gasteiger partial charge on any atom is -0.351 e. The summed E-state index contributed by atoms with van der Waals surface area (Å²) in [5.41, 5.74) is 9.57. The Labute approximate surface area is 236 Å². The van der Waals surface area contributed by atoms with Crippen LogP contribution in [0.1, 0.15) is 41.9 Å². The Morgan fingerprint density at radius 1 is 1.05 bits per heavy atom. The summed E-state index contributed by atoms with van der Waals surface area (Å²) in [7, 11) is 0. The van der Waals surface area contributed by atoms with Crippen molar-refractivity contribution in [3.63, 3.8) is 0 Å². The summed E-state index contributed by atoms with van der Waals surface area (Å²) in [5, 5.41) is 6.49. The van der Waals surface area contributed by atoms with E-state index in [0.717, 1.165) is 18.4 Å². The summed E-state index contributed by atoms with van der Waals surface area (Å²) >= 11 is 0. The molecule has 1 fully saturated rings. The molecule has 0 bridgehead atoms. The molecule has 1 aliphatic rings. The zero-order valence-electron chi connectivity index (χ0n) is 22.7. The number of carbonyl (C=O) groups is 2. The molecule has 0 aliphatic carbocycles. The smallest absolute Gasteiger partial charge is 0.244 e. The van der Waals surface area contributed by atoms with Gasteiger partial charge in [0.1, 0.15) is 0 Å². The van der Waals surface area contributed by atoms with Crippen LogP contribution in [-0.4, -0.2) is 55.0 Å². The first kappa shape index (κ1) is 28.8. The van der Waals surface area contributed by atoms with E-state index in [1.807, 2.05) is 53.4 Å². The van der Waals surface area contributed by atoms with Gasteiger partial charge in [0.2, 0.25) is 11.8 Å². The lowest BCUT2D eigenvalue weighted by atomic mass is 9.90. The number of hydrogen-bond donors (Lipinski definition) is 3. The predicted molar refractivity (Wildman–Crippen MR) is 160 cm³/mol. The van der Waals surface area contributed by atoms with Crippen molar-refractivity contribution in [1.82, 2.24) is 15.5 Å². The molecule has 0 aromatic heterocycles. The van der Waals surface area contributed by atoms with E-state index in [1.54, 1.807) is 18.2 Å². The van der Waals surface area contributed by atoms with Crippen LogP contribution < -0.4 is 16.4 Å². The zero-order valence-corrected chi connectivity index (χ0v) is 22.7. The molecule has 1 aliphatic heterocycles. The van der Waals surface area contributed by atoms with Gasteiger partial charge in [0.25, 0.3) is 0 Å². The Morgan fingerprint density at radius 2 is 1.70 bits per heavy atom. The fourth-order valence-electron chi connectivity index (χ4n) is 5.06. The Kier molecular flexibility index (Phi) is 10.6. The normalized spacial score (nSPS) is 17.5. The van der Waals surface area contributed by atoms with Crippen molar-refractivity contribution < 1.29 is 9.59 Å². The minimum absolute atomic E-state index is 0.0427. The molecule has 0 radical (unpaired) electrons. The molecule has 2 amide bonds. The van der Waals surface area contributed by atoms with E-state index in [4.69, 9.17) is 12.3 Å². The van der Waals surface area contributed by atoms with E-state index in [2.05, 4.69) is 39.7 Å². The van der Waals surface area contributed by atoms with Crippen molar-refractivity contribution >= 4 is 23.6 Å². The molecule has 0 saturated carbocycles. The first-order valence-electron chi connectivity index (χ1n) is 13.9. The lowest BCUT2D eigenvalue weighted by molar-refractivity contribution is -0.133. The number of nitrogens with two attached hydrogens (primary N) is 1. The molecular weight excluding hydrogens is 498 g/mol. The van der Waals surface area contributed by atoms with Crippen LogP contribution in [-0.2, 0) is 9.59 Å². The zero-order chi connectivity index (χ0) is 28.2. The second-order valence-electron chi connectivity index (χ2n) is 10.1. The van der Waals surface area contributed by atoms with Gasteiger partial charge in [-0.3, -0.25) is 9.59 Å². The molecule has 3 aromatic rings. The lowest BCUT2D eigenvalue weighted by Crippen LogP contribution is -2.49. The fourth-order valence-corrected chi connectivity index (χ4v) is 5.06. The highest BCUT2D eigenvalue weighted by Gasteiger charge is 2.32. The highest BCUT2D eigenvalue weighted by molar-refractivity contribution is 5.91. The Balaban J connectivity index is 1.43. The van der Waals surface area contributed by atoms with Crippen molar-refractivity contribution in [2.24, 2.45) is 5.73 Å². The summed E-state index contributed by atoms with van der Waals surface area (Å²) in [6, 6.07) is 27.3. The summed E-state index contributed by atoms with van der Waals surface area (Å²) in [5.74, 6) is -0.0520. The summed E-state index contributed by atoms with van der Waals surface area (Å²) < 4.78 is 0. The molecule has 4 rings (SSSR count). The van der Waals surface area contributed by atoms with Gasteiger partial charge in [-0.2, -0.15) is 0 Å². The maximum atomic E-state index is 13.7. The Bertz CT molecular complexity index is 1260. The maximum Gasteiger partial charge on any atom is 0.244 e. The molecule has 3 aromatic carbocycles. The number of nitrogens with one attached hydrogen (secondary N) is 2.